The number of amides is 2. The number of hydrogen-bond donors (Lipinski definition) is 1. The van der Waals surface area contributed by atoms with E-state index in [2.05, 4.69) is 15.0 Å². The summed E-state index contributed by atoms with van der Waals surface area (Å²) in [6, 6.07) is 9.49. The Labute approximate surface area is 216 Å². The zero-order chi connectivity index (χ0) is 27.5. The highest BCUT2D eigenvalue weighted by Gasteiger charge is 2.44. The van der Waals surface area contributed by atoms with Gasteiger partial charge in [0.2, 0.25) is 5.91 Å². The van der Waals surface area contributed by atoms with E-state index in [1.54, 1.807) is 19.1 Å². The van der Waals surface area contributed by atoms with Gasteiger partial charge in [-0.3, -0.25) is 14.6 Å². The first-order valence-corrected chi connectivity index (χ1v) is 12.2. The summed E-state index contributed by atoms with van der Waals surface area (Å²) in [5, 5.41) is 2.88. The van der Waals surface area contributed by atoms with Crippen LogP contribution in [0.4, 0.5) is 22.0 Å². The third-order valence-corrected chi connectivity index (χ3v) is 6.61. The number of carbonyl (C=O) groups is 2. The smallest absolute Gasteiger partial charge is 0.422 e. The van der Waals surface area contributed by atoms with E-state index in [1.807, 2.05) is 12.1 Å². The quantitative estimate of drug-likeness (QED) is 0.468. The Kier molecular flexibility index (Phi) is 8.08. The third-order valence-electron chi connectivity index (χ3n) is 6.61. The lowest BCUT2D eigenvalue weighted by molar-refractivity contribution is -0.153. The van der Waals surface area contributed by atoms with Gasteiger partial charge < -0.3 is 19.7 Å². The molecule has 0 spiro atoms. The number of piperidine rings is 1. The number of benzene rings is 1. The molecule has 1 aliphatic carbocycles. The normalized spacial score (nSPS) is 21.4. The summed E-state index contributed by atoms with van der Waals surface area (Å²) < 4.78 is 73.5. The fraction of sp³-hybridized carbons (Fsp3) is 0.500. The molecule has 0 bridgehead atoms. The van der Waals surface area contributed by atoms with Crippen LogP contribution in [0.15, 0.2) is 42.6 Å². The van der Waals surface area contributed by atoms with E-state index in [0.717, 1.165) is 5.56 Å². The molecule has 1 saturated carbocycles. The van der Waals surface area contributed by atoms with E-state index in [4.69, 9.17) is 4.74 Å². The summed E-state index contributed by atoms with van der Waals surface area (Å²) in [5.41, 5.74) is 1.43. The Balaban J connectivity index is 1.21. The van der Waals surface area contributed by atoms with E-state index in [0.29, 0.717) is 17.9 Å². The topological polar surface area (TPSA) is 80.8 Å². The maximum absolute atomic E-state index is 13.3. The van der Waals surface area contributed by atoms with Crippen molar-refractivity contribution in [2.75, 3.05) is 26.3 Å². The van der Waals surface area contributed by atoms with Crippen molar-refractivity contribution in [1.29, 1.82) is 0 Å². The minimum atomic E-state index is -4.44. The van der Waals surface area contributed by atoms with Gasteiger partial charge in [0.15, 0.2) is 13.2 Å². The number of rotatable bonds is 9. The maximum atomic E-state index is 13.3. The fourth-order valence-electron chi connectivity index (χ4n) is 4.28. The van der Waals surface area contributed by atoms with Crippen molar-refractivity contribution in [3.05, 3.63) is 53.9 Å². The molecule has 1 N–H and O–H groups in total. The lowest BCUT2D eigenvalue weighted by atomic mass is 10.1. The Morgan fingerprint density at radius 3 is 2.34 bits per heavy atom. The van der Waals surface area contributed by atoms with Gasteiger partial charge in [0, 0.05) is 31.8 Å². The van der Waals surface area contributed by atoms with E-state index in [1.165, 1.54) is 23.2 Å². The van der Waals surface area contributed by atoms with Gasteiger partial charge in [0.25, 0.3) is 11.8 Å². The van der Waals surface area contributed by atoms with Gasteiger partial charge >= 0.3 is 6.18 Å². The first-order valence-electron chi connectivity index (χ1n) is 12.2. The molecule has 0 radical (unpaired) electrons. The molecule has 1 aromatic carbocycles. The number of aromatic nitrogens is 1. The molecule has 12 heteroatoms. The van der Waals surface area contributed by atoms with Crippen LogP contribution >= 0.6 is 0 Å². The van der Waals surface area contributed by atoms with Crippen molar-refractivity contribution in [2.45, 2.75) is 50.2 Å². The van der Waals surface area contributed by atoms with Gasteiger partial charge in [0.1, 0.15) is 11.5 Å². The van der Waals surface area contributed by atoms with Gasteiger partial charge in [-0.25, -0.2) is 8.78 Å². The van der Waals surface area contributed by atoms with Crippen LogP contribution in [-0.2, 0) is 9.59 Å². The minimum absolute atomic E-state index is 0.00955. The predicted octanol–water partition coefficient (Wildman–Crippen LogP) is 4.64. The number of carbonyl (C=O) groups excluding carboxylic acids is 2. The van der Waals surface area contributed by atoms with Crippen molar-refractivity contribution >= 4 is 11.8 Å². The van der Waals surface area contributed by atoms with E-state index >= 15 is 0 Å². The van der Waals surface area contributed by atoms with Crippen LogP contribution in [-0.4, -0.2) is 60.1 Å². The minimum Gasteiger partial charge on any atom is -0.484 e. The first-order chi connectivity index (χ1) is 17.9. The first kappa shape index (κ1) is 27.6. The Morgan fingerprint density at radius 1 is 1.08 bits per heavy atom. The SMILES string of the molecule is CC(NC(=O)[C@H]1C[C@@H]1c1ccc(OCC(=O)N2CCC(F)(F)CC2)cc1)c1ccc(OCC(F)(F)F)cn1. The number of alkyl halides is 5. The second-order valence-corrected chi connectivity index (χ2v) is 9.60. The van der Waals surface area contributed by atoms with Crippen molar-refractivity contribution in [1.82, 2.24) is 15.2 Å². The summed E-state index contributed by atoms with van der Waals surface area (Å²) >= 11 is 0. The van der Waals surface area contributed by atoms with Crippen LogP contribution in [0, 0.1) is 5.92 Å². The summed E-state index contributed by atoms with van der Waals surface area (Å²) in [5.74, 6) is -2.96. The lowest BCUT2D eigenvalue weighted by Gasteiger charge is -2.31. The van der Waals surface area contributed by atoms with Crippen molar-refractivity contribution in [2.24, 2.45) is 5.92 Å². The number of likely N-dealkylation sites (tertiary alicyclic amines) is 1. The van der Waals surface area contributed by atoms with Gasteiger partial charge in [-0.15, -0.1) is 0 Å². The average Bonchev–Trinajstić information content (AvgIpc) is 3.67. The van der Waals surface area contributed by atoms with E-state index in [-0.39, 0.29) is 61.9 Å². The average molecular weight is 542 g/mol. The molecule has 7 nitrogen and oxygen atoms in total. The highest BCUT2D eigenvalue weighted by molar-refractivity contribution is 5.83. The Hall–Kier alpha value is -3.44. The van der Waals surface area contributed by atoms with Gasteiger partial charge in [-0.1, -0.05) is 12.1 Å². The lowest BCUT2D eigenvalue weighted by Crippen LogP contribution is -2.44. The number of nitrogens with zero attached hydrogens (tertiary/aromatic N) is 2. The molecule has 3 atom stereocenters. The molecule has 1 aliphatic heterocycles. The number of pyridine rings is 1. The van der Waals surface area contributed by atoms with E-state index in [9.17, 15) is 31.5 Å². The van der Waals surface area contributed by atoms with Gasteiger partial charge in [-0.05, 0) is 49.1 Å². The maximum Gasteiger partial charge on any atom is 0.422 e. The van der Waals surface area contributed by atoms with Crippen LogP contribution < -0.4 is 14.8 Å². The molecule has 206 valence electrons. The van der Waals surface area contributed by atoms with Crippen LogP contribution in [0.3, 0.4) is 0 Å². The molecule has 4 rings (SSSR count). The molecular weight excluding hydrogens is 513 g/mol. The zero-order valence-corrected chi connectivity index (χ0v) is 20.6. The highest BCUT2D eigenvalue weighted by atomic mass is 19.4. The van der Waals surface area contributed by atoms with Crippen LogP contribution in [0.25, 0.3) is 0 Å². The number of halogens is 5. The second-order valence-electron chi connectivity index (χ2n) is 9.60. The molecule has 1 unspecified atom stereocenters. The van der Waals surface area contributed by atoms with Crippen molar-refractivity contribution in [3.63, 3.8) is 0 Å². The third kappa shape index (κ3) is 7.55. The monoisotopic (exact) mass is 541 g/mol. The predicted molar refractivity (Wildman–Crippen MR) is 126 cm³/mol. The summed E-state index contributed by atoms with van der Waals surface area (Å²) in [4.78, 5) is 30.4. The molecule has 1 aromatic heterocycles. The summed E-state index contributed by atoms with van der Waals surface area (Å²) in [6.45, 7) is 0.111. The molecule has 2 heterocycles. The molecule has 2 aromatic rings. The van der Waals surface area contributed by atoms with Crippen molar-refractivity contribution in [3.8, 4) is 11.5 Å². The van der Waals surface area contributed by atoms with Crippen LogP contribution in [0.1, 0.15) is 49.4 Å². The molecular formula is C26H28F5N3O4. The molecule has 2 amide bonds. The fourth-order valence-corrected chi connectivity index (χ4v) is 4.28. The Morgan fingerprint density at radius 2 is 1.74 bits per heavy atom. The summed E-state index contributed by atoms with van der Waals surface area (Å²) in [7, 11) is 0. The number of hydrogen-bond acceptors (Lipinski definition) is 5. The van der Waals surface area contributed by atoms with E-state index < -0.39 is 24.7 Å². The van der Waals surface area contributed by atoms with Crippen LogP contribution in [0.5, 0.6) is 11.5 Å². The molecule has 38 heavy (non-hydrogen) atoms. The Bertz CT molecular complexity index is 1120. The van der Waals surface area contributed by atoms with Crippen molar-refractivity contribution < 1.29 is 41.0 Å². The standard InChI is InChI=1S/C26H28F5N3O4/c1-16(22-7-6-19(13-32-22)38-15-26(29,30)31)33-24(36)21-12-20(21)17-2-4-18(5-3-17)37-14-23(35)34-10-8-25(27,28)9-11-34/h2-7,13,16,20-21H,8-12,14-15H2,1H3,(H,33,36)/t16?,20-,21+/m1/s1. The molecule has 2 aliphatic rings. The largest absolute Gasteiger partial charge is 0.484 e. The highest BCUT2D eigenvalue weighted by Crippen LogP contribution is 2.48. The van der Waals surface area contributed by atoms with Crippen LogP contribution in [0.2, 0.25) is 0 Å². The van der Waals surface area contributed by atoms with Gasteiger partial charge in [0.05, 0.1) is 17.9 Å². The number of nitrogens with one attached hydrogen (secondary N) is 1. The summed E-state index contributed by atoms with van der Waals surface area (Å²) in [6.07, 6.45) is -3.28. The number of ether oxygens (including phenoxy) is 2. The molecule has 2 fully saturated rings. The second kappa shape index (κ2) is 11.1. The van der Waals surface area contributed by atoms with Gasteiger partial charge in [-0.2, -0.15) is 13.2 Å². The molecule has 1 saturated heterocycles. The zero-order valence-electron chi connectivity index (χ0n) is 20.6.